The lowest BCUT2D eigenvalue weighted by Crippen LogP contribution is -1.96. The van der Waals surface area contributed by atoms with Crippen LogP contribution in [0.15, 0.2) is 6.20 Å². The zero-order valence-corrected chi connectivity index (χ0v) is 6.76. The van der Waals surface area contributed by atoms with Crippen molar-refractivity contribution in [1.29, 1.82) is 0 Å². The minimum atomic E-state index is 0.796. The fourth-order valence-corrected chi connectivity index (χ4v) is 0.872. The van der Waals surface area contributed by atoms with E-state index in [9.17, 15) is 0 Å². The molecule has 0 aliphatic heterocycles. The van der Waals surface area contributed by atoms with Crippen LogP contribution in [0.25, 0.3) is 0 Å². The van der Waals surface area contributed by atoms with Crippen LogP contribution in [0.2, 0.25) is 0 Å². The number of hydrogen-bond acceptors (Lipinski definition) is 2. The quantitative estimate of drug-likeness (QED) is 0.645. The second-order valence-corrected chi connectivity index (χ2v) is 2.28. The van der Waals surface area contributed by atoms with Crippen molar-refractivity contribution in [2.75, 3.05) is 13.2 Å². The van der Waals surface area contributed by atoms with E-state index in [1.165, 1.54) is 0 Å². The van der Waals surface area contributed by atoms with E-state index in [1.807, 2.05) is 6.92 Å². The molecule has 3 nitrogen and oxygen atoms in total. The fourth-order valence-electron chi connectivity index (χ4n) is 0.872. The van der Waals surface area contributed by atoms with Crippen molar-refractivity contribution in [3.8, 4) is 0 Å². The Hall–Kier alpha value is -0.830. The summed E-state index contributed by atoms with van der Waals surface area (Å²) in [5.41, 5.74) is 0. The second-order valence-electron chi connectivity index (χ2n) is 2.28. The van der Waals surface area contributed by atoms with Gasteiger partial charge < -0.3 is 9.72 Å². The van der Waals surface area contributed by atoms with E-state index in [0.29, 0.717) is 0 Å². The number of aromatic amines is 1. The molecule has 0 aromatic carbocycles. The number of aromatic nitrogens is 2. The van der Waals surface area contributed by atoms with Crippen LogP contribution >= 0.6 is 0 Å². The van der Waals surface area contributed by atoms with Gasteiger partial charge in [0, 0.05) is 25.8 Å². The molecule has 0 saturated heterocycles. The SMILES string of the molecule is CCOCCCc1n[c]c[nH]1. The Morgan fingerprint density at radius 3 is 3.27 bits per heavy atom. The van der Waals surface area contributed by atoms with Crippen LogP contribution in [-0.2, 0) is 11.2 Å². The number of hydrogen-bond donors (Lipinski definition) is 1. The molecule has 0 amide bonds. The van der Waals surface area contributed by atoms with Gasteiger partial charge >= 0.3 is 0 Å². The van der Waals surface area contributed by atoms with Crippen molar-refractivity contribution in [2.45, 2.75) is 19.8 Å². The molecule has 1 N–H and O–H groups in total. The number of ether oxygens (including phenoxy) is 1. The molecule has 0 aliphatic rings. The van der Waals surface area contributed by atoms with E-state index in [-0.39, 0.29) is 0 Å². The first-order valence-corrected chi connectivity index (χ1v) is 3.91. The zero-order chi connectivity index (χ0) is 7.94. The Balaban J connectivity index is 2.04. The maximum absolute atomic E-state index is 5.18. The third-order valence-electron chi connectivity index (χ3n) is 1.41. The molecular formula is C8H13N2O. The smallest absolute Gasteiger partial charge is 0.108 e. The average Bonchev–Trinajstić information content (AvgIpc) is 2.50. The Morgan fingerprint density at radius 1 is 1.73 bits per heavy atom. The van der Waals surface area contributed by atoms with Gasteiger partial charge in [-0.15, -0.1) is 0 Å². The molecule has 61 valence electrons. The van der Waals surface area contributed by atoms with Crippen molar-refractivity contribution in [3.63, 3.8) is 0 Å². The number of nitrogens with zero attached hydrogens (tertiary/aromatic N) is 1. The summed E-state index contributed by atoms with van der Waals surface area (Å²) in [6.07, 6.45) is 6.41. The van der Waals surface area contributed by atoms with Gasteiger partial charge in [0.05, 0.1) is 0 Å². The predicted octanol–water partition coefficient (Wildman–Crippen LogP) is 1.18. The molecule has 1 radical (unpaired) electrons. The predicted molar refractivity (Wildman–Crippen MR) is 42.2 cm³/mol. The highest BCUT2D eigenvalue weighted by atomic mass is 16.5. The van der Waals surface area contributed by atoms with E-state index in [0.717, 1.165) is 31.9 Å². The second kappa shape index (κ2) is 4.91. The number of nitrogens with one attached hydrogen (secondary N) is 1. The fraction of sp³-hybridized carbons (Fsp3) is 0.625. The van der Waals surface area contributed by atoms with E-state index in [4.69, 9.17) is 4.74 Å². The lowest BCUT2D eigenvalue weighted by Gasteiger charge is -1.97. The summed E-state index contributed by atoms with van der Waals surface area (Å²) in [4.78, 5) is 6.97. The highest BCUT2D eigenvalue weighted by Gasteiger charge is 1.93. The molecule has 3 heteroatoms. The van der Waals surface area contributed by atoms with Gasteiger partial charge in [-0.05, 0) is 13.3 Å². The molecule has 0 spiro atoms. The van der Waals surface area contributed by atoms with Crippen LogP contribution < -0.4 is 0 Å². The summed E-state index contributed by atoms with van der Waals surface area (Å²) in [5, 5.41) is 0. The maximum Gasteiger partial charge on any atom is 0.108 e. The van der Waals surface area contributed by atoms with Crippen LogP contribution in [0.1, 0.15) is 19.2 Å². The van der Waals surface area contributed by atoms with Crippen molar-refractivity contribution in [1.82, 2.24) is 9.97 Å². The first kappa shape index (κ1) is 8.27. The largest absolute Gasteiger partial charge is 0.382 e. The monoisotopic (exact) mass is 153 g/mol. The molecule has 1 aromatic rings. The van der Waals surface area contributed by atoms with Gasteiger partial charge in [-0.1, -0.05) is 0 Å². The van der Waals surface area contributed by atoms with Crippen molar-refractivity contribution in [3.05, 3.63) is 18.2 Å². The van der Waals surface area contributed by atoms with Crippen LogP contribution in [0.4, 0.5) is 0 Å². The minimum absolute atomic E-state index is 0.796. The Kier molecular flexibility index (Phi) is 3.69. The highest BCUT2D eigenvalue weighted by Crippen LogP contribution is 1.94. The summed E-state index contributed by atoms with van der Waals surface area (Å²) >= 11 is 0. The number of aryl methyl sites for hydroxylation is 1. The van der Waals surface area contributed by atoms with E-state index in [2.05, 4.69) is 16.2 Å². The minimum Gasteiger partial charge on any atom is -0.382 e. The molecule has 1 heterocycles. The molecular weight excluding hydrogens is 140 g/mol. The number of imidazole rings is 1. The van der Waals surface area contributed by atoms with Crippen LogP contribution in [0.5, 0.6) is 0 Å². The molecule has 0 unspecified atom stereocenters. The first-order valence-electron chi connectivity index (χ1n) is 3.91. The van der Waals surface area contributed by atoms with E-state index >= 15 is 0 Å². The van der Waals surface area contributed by atoms with Gasteiger partial charge in [0.25, 0.3) is 0 Å². The normalized spacial score (nSPS) is 10.3. The van der Waals surface area contributed by atoms with Crippen molar-refractivity contribution < 1.29 is 4.74 Å². The third-order valence-corrected chi connectivity index (χ3v) is 1.41. The summed E-state index contributed by atoms with van der Waals surface area (Å²) in [5.74, 6) is 0.990. The molecule has 0 bridgehead atoms. The molecule has 0 saturated carbocycles. The van der Waals surface area contributed by atoms with Gasteiger partial charge in [0.15, 0.2) is 0 Å². The van der Waals surface area contributed by atoms with E-state index < -0.39 is 0 Å². The highest BCUT2D eigenvalue weighted by molar-refractivity contribution is 4.85. The standard InChI is InChI=1S/C8H13N2O/c1-2-11-7-3-4-8-9-5-6-10-8/h5H,2-4,7H2,1H3,(H,9,10). The van der Waals surface area contributed by atoms with Gasteiger partial charge in [0.1, 0.15) is 12.0 Å². The lowest BCUT2D eigenvalue weighted by atomic mass is 10.3. The van der Waals surface area contributed by atoms with Gasteiger partial charge in [0.2, 0.25) is 0 Å². The Bertz CT molecular complexity index is 172. The molecule has 0 aliphatic carbocycles. The number of rotatable bonds is 5. The topological polar surface area (TPSA) is 37.9 Å². The van der Waals surface area contributed by atoms with E-state index in [1.54, 1.807) is 6.20 Å². The summed E-state index contributed by atoms with van der Waals surface area (Å²) in [6.45, 7) is 3.61. The van der Waals surface area contributed by atoms with Crippen LogP contribution in [-0.4, -0.2) is 23.2 Å². The van der Waals surface area contributed by atoms with Crippen LogP contribution in [0, 0.1) is 6.20 Å². The van der Waals surface area contributed by atoms with Gasteiger partial charge in [-0.2, -0.15) is 0 Å². The molecule has 1 rings (SSSR count). The molecule has 0 atom stereocenters. The Morgan fingerprint density at radius 2 is 2.64 bits per heavy atom. The van der Waals surface area contributed by atoms with Crippen LogP contribution in [0.3, 0.4) is 0 Å². The lowest BCUT2D eigenvalue weighted by molar-refractivity contribution is 0.145. The molecule has 0 fully saturated rings. The Labute approximate surface area is 66.8 Å². The van der Waals surface area contributed by atoms with Gasteiger partial charge in [-0.3, -0.25) is 0 Å². The third kappa shape index (κ3) is 3.18. The summed E-state index contributed by atoms with van der Waals surface area (Å²) < 4.78 is 5.18. The first-order chi connectivity index (χ1) is 5.43. The van der Waals surface area contributed by atoms with Crippen molar-refractivity contribution in [2.24, 2.45) is 0 Å². The van der Waals surface area contributed by atoms with Gasteiger partial charge in [-0.25, -0.2) is 4.98 Å². The summed E-state index contributed by atoms with van der Waals surface area (Å²) in [7, 11) is 0. The molecule has 1 aromatic heterocycles. The number of H-pyrrole nitrogens is 1. The average molecular weight is 153 g/mol. The zero-order valence-electron chi connectivity index (χ0n) is 6.76. The summed E-state index contributed by atoms with van der Waals surface area (Å²) in [6, 6.07) is 0. The van der Waals surface area contributed by atoms with Crippen molar-refractivity contribution >= 4 is 0 Å². The maximum atomic E-state index is 5.18. The molecule has 11 heavy (non-hydrogen) atoms.